The lowest BCUT2D eigenvalue weighted by Gasteiger charge is -2.35. The molecule has 0 aliphatic heterocycles. The summed E-state index contributed by atoms with van der Waals surface area (Å²) in [6, 6.07) is 7.66. The number of H-pyrrole nitrogens is 1. The van der Waals surface area contributed by atoms with Gasteiger partial charge in [0.15, 0.2) is 6.04 Å². The molecule has 0 unspecified atom stereocenters. The second-order valence-corrected chi connectivity index (χ2v) is 10.9. The predicted molar refractivity (Wildman–Crippen MR) is 145 cm³/mol. The van der Waals surface area contributed by atoms with E-state index < -0.39 is 29.8 Å². The molecular weight excluding hydrogens is 537 g/mol. The van der Waals surface area contributed by atoms with Crippen molar-refractivity contribution < 1.29 is 22.4 Å². The smallest absolute Gasteiger partial charge is 0.392 e. The Labute approximate surface area is 233 Å². The molecular formula is C29H29F3N6O3. The van der Waals surface area contributed by atoms with Crippen molar-refractivity contribution in [2.75, 3.05) is 12.4 Å². The van der Waals surface area contributed by atoms with Gasteiger partial charge in [0.25, 0.3) is 0 Å². The topological polar surface area (TPSA) is 117 Å². The van der Waals surface area contributed by atoms with Gasteiger partial charge in [0, 0.05) is 36.3 Å². The van der Waals surface area contributed by atoms with E-state index in [1.54, 1.807) is 24.5 Å². The number of halogens is 3. The zero-order valence-corrected chi connectivity index (χ0v) is 22.3. The Hall–Kier alpha value is -4.22. The summed E-state index contributed by atoms with van der Waals surface area (Å²) >= 11 is 0. The third-order valence-electron chi connectivity index (χ3n) is 8.08. The molecule has 2 N–H and O–H groups in total. The van der Waals surface area contributed by atoms with Crippen LogP contribution in [0.4, 0.5) is 24.5 Å². The van der Waals surface area contributed by atoms with Gasteiger partial charge in [-0.05, 0) is 74.3 Å². The fourth-order valence-corrected chi connectivity index (χ4v) is 5.88. The minimum absolute atomic E-state index is 0.0217. The lowest BCUT2D eigenvalue weighted by atomic mass is 9.81. The number of pyridine rings is 2. The van der Waals surface area contributed by atoms with Crippen molar-refractivity contribution in [1.82, 2.24) is 25.1 Å². The fourth-order valence-electron chi connectivity index (χ4n) is 5.88. The number of fused-ring (bicyclic) bond motifs is 1. The van der Waals surface area contributed by atoms with E-state index in [0.29, 0.717) is 37.3 Å². The predicted octanol–water partition coefficient (Wildman–Crippen LogP) is 5.96. The van der Waals surface area contributed by atoms with Crippen LogP contribution in [0.25, 0.3) is 11.0 Å². The third kappa shape index (κ3) is 5.55. The second kappa shape index (κ2) is 10.6. The highest BCUT2D eigenvalue weighted by atomic mass is 19.4. The van der Waals surface area contributed by atoms with Gasteiger partial charge in [-0.25, -0.2) is 9.89 Å². The van der Waals surface area contributed by atoms with Crippen LogP contribution in [0.2, 0.25) is 0 Å². The molecule has 2 fully saturated rings. The molecule has 41 heavy (non-hydrogen) atoms. The van der Waals surface area contributed by atoms with Crippen LogP contribution in [0.3, 0.4) is 0 Å². The molecule has 9 nitrogen and oxygen atoms in total. The summed E-state index contributed by atoms with van der Waals surface area (Å²) in [7, 11) is 1.21. The van der Waals surface area contributed by atoms with E-state index in [1.807, 2.05) is 12.1 Å². The molecule has 12 heteroatoms. The molecule has 3 heterocycles. The molecule has 6 rings (SSSR count). The minimum Gasteiger partial charge on any atom is -0.392 e. The Morgan fingerprint density at radius 2 is 1.76 bits per heavy atom. The number of nitrogens with one attached hydrogen (secondary N) is 2. The third-order valence-corrected chi connectivity index (χ3v) is 8.08. The first kappa shape index (κ1) is 27.0. The average molecular weight is 567 g/mol. The van der Waals surface area contributed by atoms with Crippen molar-refractivity contribution in [3.05, 3.63) is 76.4 Å². The number of hydrogen-bond acceptors (Lipinski definition) is 7. The van der Waals surface area contributed by atoms with Crippen molar-refractivity contribution in [3.63, 3.8) is 0 Å². The number of amides is 1. The van der Waals surface area contributed by atoms with Crippen molar-refractivity contribution in [3.8, 4) is 0 Å². The molecule has 2 aliphatic carbocycles. The van der Waals surface area contributed by atoms with Gasteiger partial charge >= 0.3 is 11.9 Å². The maximum Gasteiger partial charge on any atom is 0.434 e. The summed E-state index contributed by atoms with van der Waals surface area (Å²) in [5.74, 6) is -1.25. The summed E-state index contributed by atoms with van der Waals surface area (Å²) in [6.45, 7) is 0. The molecule has 0 bridgehead atoms. The molecule has 0 spiro atoms. The number of carbonyl (C=O) groups is 1. The molecule has 2 saturated carbocycles. The Balaban J connectivity index is 1.18. The standard InChI is InChI=1S/C29H29F3N6O3/c1-38(27(39)19-8-6-18(7-9-19)26-36-37-28(40)41-26)25(29(30,31)32)17-10-12-20(13-11-17)35-22-15-34-21-3-2-14-33-24(21)23(22)16-4-5-16/h2-3,10-16,18-19,25,35H,4-9H2,1H3,(H,37,40)/t18?,19?,25-/m1/s1. The fraction of sp³-hybridized carbons (Fsp3) is 0.414. The van der Waals surface area contributed by atoms with Crippen molar-refractivity contribution in [2.24, 2.45) is 5.92 Å². The maximum absolute atomic E-state index is 14.3. The number of alkyl halides is 3. The monoisotopic (exact) mass is 566 g/mol. The normalized spacial score (nSPS) is 20.1. The molecule has 3 aromatic heterocycles. The van der Waals surface area contributed by atoms with E-state index in [0.717, 1.165) is 40.0 Å². The Bertz CT molecular complexity index is 1600. The summed E-state index contributed by atoms with van der Waals surface area (Å²) in [4.78, 5) is 34.3. The van der Waals surface area contributed by atoms with Crippen molar-refractivity contribution in [2.45, 2.75) is 62.6 Å². The summed E-state index contributed by atoms with van der Waals surface area (Å²) in [5.41, 5.74) is 4.09. The van der Waals surface area contributed by atoms with Gasteiger partial charge in [-0.2, -0.15) is 13.2 Å². The summed E-state index contributed by atoms with van der Waals surface area (Å²) < 4.78 is 48.0. The lowest BCUT2D eigenvalue weighted by molar-refractivity contribution is -0.191. The zero-order chi connectivity index (χ0) is 28.7. The number of benzene rings is 1. The highest BCUT2D eigenvalue weighted by molar-refractivity contribution is 5.85. The number of rotatable bonds is 7. The van der Waals surface area contributed by atoms with E-state index in [4.69, 9.17) is 4.42 Å². The van der Waals surface area contributed by atoms with Gasteiger partial charge in [0.2, 0.25) is 11.8 Å². The first-order valence-corrected chi connectivity index (χ1v) is 13.7. The van der Waals surface area contributed by atoms with E-state index in [1.165, 1.54) is 19.2 Å². The molecule has 1 atom stereocenters. The minimum atomic E-state index is -4.66. The Morgan fingerprint density at radius 1 is 1.05 bits per heavy atom. The van der Waals surface area contributed by atoms with Crippen LogP contribution in [0.15, 0.2) is 58.0 Å². The van der Waals surface area contributed by atoms with Crippen molar-refractivity contribution in [1.29, 1.82) is 0 Å². The molecule has 2 aliphatic rings. The highest BCUT2D eigenvalue weighted by Crippen LogP contribution is 2.46. The number of hydrogen-bond donors (Lipinski definition) is 2. The van der Waals surface area contributed by atoms with Crippen molar-refractivity contribution >= 4 is 28.3 Å². The van der Waals surface area contributed by atoms with Crippen LogP contribution >= 0.6 is 0 Å². The molecule has 1 amide bonds. The molecule has 0 saturated heterocycles. The van der Waals surface area contributed by atoms with Crippen LogP contribution in [-0.4, -0.2) is 44.2 Å². The first-order valence-electron chi connectivity index (χ1n) is 13.7. The highest BCUT2D eigenvalue weighted by Gasteiger charge is 2.46. The zero-order valence-electron chi connectivity index (χ0n) is 22.3. The van der Waals surface area contributed by atoms with Gasteiger partial charge in [0.1, 0.15) is 0 Å². The number of nitrogens with zero attached hydrogens (tertiary/aromatic N) is 4. The number of anilines is 2. The van der Waals surface area contributed by atoms with Gasteiger partial charge in [-0.1, -0.05) is 12.1 Å². The number of aromatic amines is 1. The number of aromatic nitrogens is 4. The molecule has 214 valence electrons. The van der Waals surface area contributed by atoms with Gasteiger partial charge < -0.3 is 14.6 Å². The lowest BCUT2D eigenvalue weighted by Crippen LogP contribution is -2.43. The largest absolute Gasteiger partial charge is 0.434 e. The van der Waals surface area contributed by atoms with Gasteiger partial charge in [0.05, 0.1) is 22.9 Å². The van der Waals surface area contributed by atoms with E-state index in [2.05, 4.69) is 25.5 Å². The summed E-state index contributed by atoms with van der Waals surface area (Å²) in [5, 5.41) is 9.38. The van der Waals surface area contributed by atoms with Crippen LogP contribution in [-0.2, 0) is 4.79 Å². The molecule has 1 aromatic carbocycles. The SMILES string of the molecule is CN(C(=O)C1CCC(c2n[nH]c(=O)o2)CC1)[C@H](c1ccc(Nc2cnc3cccnc3c2C2CC2)cc1)C(F)(F)F. The van der Waals surface area contributed by atoms with Crippen LogP contribution < -0.4 is 11.1 Å². The maximum atomic E-state index is 14.3. The molecule has 4 aromatic rings. The van der Waals surface area contributed by atoms with E-state index in [9.17, 15) is 22.8 Å². The summed E-state index contributed by atoms with van der Waals surface area (Å²) in [6.07, 6.45) is 2.68. The van der Waals surface area contributed by atoms with Gasteiger partial charge in [-0.3, -0.25) is 14.8 Å². The second-order valence-electron chi connectivity index (χ2n) is 10.9. The van der Waals surface area contributed by atoms with Crippen LogP contribution in [0.1, 0.15) is 73.4 Å². The first-order chi connectivity index (χ1) is 19.7. The Morgan fingerprint density at radius 3 is 2.39 bits per heavy atom. The van der Waals surface area contributed by atoms with E-state index >= 15 is 0 Å². The molecule has 0 radical (unpaired) electrons. The number of carbonyl (C=O) groups excluding carboxylic acids is 1. The quantitative estimate of drug-likeness (QED) is 0.283. The Kier molecular flexibility index (Phi) is 7.00. The van der Waals surface area contributed by atoms with E-state index in [-0.39, 0.29) is 17.4 Å². The van der Waals surface area contributed by atoms with Crippen LogP contribution in [0, 0.1) is 5.92 Å². The average Bonchev–Trinajstić information content (AvgIpc) is 3.71. The van der Waals surface area contributed by atoms with Crippen LogP contribution in [0.5, 0.6) is 0 Å². The van der Waals surface area contributed by atoms with Gasteiger partial charge in [-0.15, -0.1) is 5.10 Å².